The van der Waals surface area contributed by atoms with Gasteiger partial charge in [0.2, 0.25) is 11.6 Å². The Morgan fingerprint density at radius 2 is 1.31 bits per heavy atom. The molecule has 0 spiro atoms. The van der Waals surface area contributed by atoms with Gasteiger partial charge in [0, 0.05) is 0 Å². The van der Waals surface area contributed by atoms with Crippen molar-refractivity contribution >= 4 is 12.6 Å². The maximum atomic E-state index is 12.7. The van der Waals surface area contributed by atoms with Crippen molar-refractivity contribution in [3.63, 3.8) is 0 Å². The average molecular weight is 212 g/mol. The van der Waals surface area contributed by atoms with E-state index in [4.69, 9.17) is 0 Å². The summed E-state index contributed by atoms with van der Waals surface area (Å²) < 4.78 is 55.0. The van der Waals surface area contributed by atoms with Crippen LogP contribution in [0.5, 0.6) is 5.75 Å². The number of halogens is 4. The molecule has 0 aliphatic heterocycles. The summed E-state index contributed by atoms with van der Waals surface area (Å²) >= 11 is 3.25. The fourth-order valence-corrected chi connectivity index (χ4v) is 0.975. The Morgan fingerprint density at radius 1 is 0.923 bits per heavy atom. The molecule has 1 aromatic rings. The molecule has 0 N–H and O–H groups in total. The standard InChI is InChI=1S/C7H4F4OS/c1-12-6-2(8)4(10)7(13)5(11)3(6)9/h13H,1H3. The zero-order chi connectivity index (χ0) is 10.2. The summed E-state index contributed by atoms with van der Waals surface area (Å²) in [6.07, 6.45) is 0. The molecule has 0 amide bonds. The molecule has 0 aromatic heterocycles. The maximum Gasteiger partial charge on any atom is 0.205 e. The van der Waals surface area contributed by atoms with Crippen LogP contribution in [0.4, 0.5) is 17.6 Å². The van der Waals surface area contributed by atoms with Gasteiger partial charge in [-0.15, -0.1) is 12.6 Å². The van der Waals surface area contributed by atoms with E-state index >= 15 is 0 Å². The highest BCUT2D eigenvalue weighted by Crippen LogP contribution is 2.31. The molecule has 1 nitrogen and oxygen atoms in total. The highest BCUT2D eigenvalue weighted by Gasteiger charge is 2.24. The van der Waals surface area contributed by atoms with E-state index in [0.29, 0.717) is 0 Å². The average Bonchev–Trinajstić information content (AvgIpc) is 2.13. The summed E-state index contributed by atoms with van der Waals surface area (Å²) in [6, 6.07) is 0. The van der Waals surface area contributed by atoms with Gasteiger partial charge in [0.1, 0.15) is 0 Å². The molecule has 0 aliphatic carbocycles. The fraction of sp³-hybridized carbons (Fsp3) is 0.143. The van der Waals surface area contributed by atoms with E-state index < -0.39 is 33.9 Å². The molecule has 1 rings (SSSR count). The summed E-state index contributed by atoms with van der Waals surface area (Å²) in [7, 11) is 0.901. The second kappa shape index (κ2) is 3.45. The van der Waals surface area contributed by atoms with Crippen LogP contribution in [-0.4, -0.2) is 7.11 Å². The van der Waals surface area contributed by atoms with E-state index in [2.05, 4.69) is 17.4 Å². The zero-order valence-corrected chi connectivity index (χ0v) is 7.26. The monoisotopic (exact) mass is 212 g/mol. The van der Waals surface area contributed by atoms with Crippen LogP contribution in [0.15, 0.2) is 4.90 Å². The third-order valence-electron chi connectivity index (χ3n) is 1.40. The van der Waals surface area contributed by atoms with Crippen LogP contribution in [0, 0.1) is 23.3 Å². The molecule has 0 atom stereocenters. The normalized spacial score (nSPS) is 10.3. The summed E-state index contributed by atoms with van der Waals surface area (Å²) in [5.74, 6) is -7.41. The lowest BCUT2D eigenvalue weighted by molar-refractivity contribution is 0.324. The Kier molecular flexibility index (Phi) is 2.70. The van der Waals surface area contributed by atoms with E-state index in [-0.39, 0.29) is 0 Å². The zero-order valence-electron chi connectivity index (χ0n) is 6.37. The molecule has 0 unspecified atom stereocenters. The Morgan fingerprint density at radius 3 is 1.62 bits per heavy atom. The van der Waals surface area contributed by atoms with Crippen molar-refractivity contribution in [2.24, 2.45) is 0 Å². The summed E-state index contributed by atoms with van der Waals surface area (Å²) in [4.78, 5) is -1.00. The van der Waals surface area contributed by atoms with Gasteiger partial charge in [-0.1, -0.05) is 0 Å². The topological polar surface area (TPSA) is 9.23 Å². The lowest BCUT2D eigenvalue weighted by Crippen LogP contribution is -2.01. The molecular formula is C7H4F4OS. The van der Waals surface area contributed by atoms with Crippen molar-refractivity contribution in [3.8, 4) is 5.75 Å². The van der Waals surface area contributed by atoms with Crippen LogP contribution in [0.2, 0.25) is 0 Å². The van der Waals surface area contributed by atoms with Crippen molar-refractivity contribution in [1.29, 1.82) is 0 Å². The van der Waals surface area contributed by atoms with Gasteiger partial charge in [0.25, 0.3) is 0 Å². The van der Waals surface area contributed by atoms with Gasteiger partial charge in [-0.05, 0) is 0 Å². The van der Waals surface area contributed by atoms with Gasteiger partial charge in [-0.3, -0.25) is 0 Å². The lowest BCUT2D eigenvalue weighted by atomic mass is 10.3. The Hall–Kier alpha value is -0.910. The number of thiol groups is 1. The van der Waals surface area contributed by atoms with Crippen LogP contribution >= 0.6 is 12.6 Å². The lowest BCUT2D eigenvalue weighted by Gasteiger charge is -2.06. The van der Waals surface area contributed by atoms with Crippen molar-refractivity contribution in [2.45, 2.75) is 4.90 Å². The smallest absolute Gasteiger partial charge is 0.205 e. The molecule has 13 heavy (non-hydrogen) atoms. The Labute approximate surface area is 76.7 Å². The first kappa shape index (κ1) is 10.2. The van der Waals surface area contributed by atoms with E-state index in [1.165, 1.54) is 0 Å². The Bertz CT molecular complexity index is 324. The van der Waals surface area contributed by atoms with Crippen LogP contribution in [-0.2, 0) is 0 Å². The summed E-state index contributed by atoms with van der Waals surface area (Å²) in [6.45, 7) is 0. The van der Waals surface area contributed by atoms with Crippen molar-refractivity contribution in [2.75, 3.05) is 7.11 Å². The van der Waals surface area contributed by atoms with E-state index in [0.717, 1.165) is 7.11 Å². The second-order valence-corrected chi connectivity index (χ2v) is 2.58. The molecule has 0 saturated heterocycles. The first-order valence-corrected chi connectivity index (χ1v) is 3.54. The van der Waals surface area contributed by atoms with Gasteiger partial charge in [0.05, 0.1) is 12.0 Å². The predicted molar refractivity (Wildman–Crippen MR) is 40.1 cm³/mol. The predicted octanol–water partition coefficient (Wildman–Crippen LogP) is 2.54. The highest BCUT2D eigenvalue weighted by atomic mass is 32.1. The molecule has 0 aliphatic rings. The molecular weight excluding hydrogens is 208 g/mol. The quantitative estimate of drug-likeness (QED) is 0.427. The summed E-state index contributed by atoms with van der Waals surface area (Å²) in [5, 5.41) is 0. The fourth-order valence-electron chi connectivity index (χ4n) is 0.779. The molecule has 0 saturated carbocycles. The van der Waals surface area contributed by atoms with E-state index in [9.17, 15) is 17.6 Å². The number of methoxy groups -OCH3 is 1. The van der Waals surface area contributed by atoms with Gasteiger partial charge < -0.3 is 4.74 Å². The van der Waals surface area contributed by atoms with Crippen LogP contribution in [0.3, 0.4) is 0 Å². The van der Waals surface area contributed by atoms with E-state index in [1.54, 1.807) is 0 Å². The van der Waals surface area contributed by atoms with Gasteiger partial charge in [-0.25, -0.2) is 8.78 Å². The first-order chi connectivity index (χ1) is 6.00. The largest absolute Gasteiger partial charge is 0.491 e. The molecule has 0 fully saturated rings. The minimum atomic E-state index is -1.59. The molecule has 1 aromatic carbocycles. The molecule has 6 heteroatoms. The number of ether oxygens (including phenoxy) is 1. The van der Waals surface area contributed by atoms with Gasteiger partial charge in [-0.2, -0.15) is 8.78 Å². The van der Waals surface area contributed by atoms with Crippen LogP contribution < -0.4 is 4.74 Å². The molecule has 0 bridgehead atoms. The van der Waals surface area contributed by atoms with E-state index in [1.807, 2.05) is 0 Å². The minimum absolute atomic E-state index is 0.901. The van der Waals surface area contributed by atoms with Crippen molar-refractivity contribution in [1.82, 2.24) is 0 Å². The molecule has 0 heterocycles. The summed E-state index contributed by atoms with van der Waals surface area (Å²) in [5.41, 5.74) is 0. The number of hydrogen-bond acceptors (Lipinski definition) is 2. The van der Waals surface area contributed by atoms with Gasteiger partial charge >= 0.3 is 0 Å². The van der Waals surface area contributed by atoms with Crippen molar-refractivity contribution < 1.29 is 22.3 Å². The van der Waals surface area contributed by atoms with Crippen LogP contribution in [0.1, 0.15) is 0 Å². The third kappa shape index (κ3) is 1.46. The van der Waals surface area contributed by atoms with Crippen molar-refractivity contribution in [3.05, 3.63) is 23.3 Å². The maximum absolute atomic E-state index is 12.7. The third-order valence-corrected chi connectivity index (χ3v) is 1.80. The highest BCUT2D eigenvalue weighted by molar-refractivity contribution is 7.80. The SMILES string of the molecule is COc1c(F)c(F)c(S)c(F)c1F. The minimum Gasteiger partial charge on any atom is -0.491 e. The number of hydrogen-bond donors (Lipinski definition) is 1. The van der Waals surface area contributed by atoms with Crippen LogP contribution in [0.25, 0.3) is 0 Å². The molecule has 0 radical (unpaired) electrons. The number of benzene rings is 1. The second-order valence-electron chi connectivity index (χ2n) is 2.14. The number of rotatable bonds is 1. The molecule has 72 valence electrons. The first-order valence-electron chi connectivity index (χ1n) is 3.09. The van der Waals surface area contributed by atoms with Gasteiger partial charge in [0.15, 0.2) is 17.4 Å². The Balaban J connectivity index is 3.56.